The molecule has 0 heterocycles. The summed E-state index contributed by atoms with van der Waals surface area (Å²) in [5.74, 6) is 0. The van der Waals surface area contributed by atoms with Crippen LogP contribution in [0.3, 0.4) is 0 Å². The van der Waals surface area contributed by atoms with Gasteiger partial charge in [-0.1, -0.05) is 30.3 Å². The molecule has 3 N–H and O–H groups in total. The molecule has 21 heavy (non-hydrogen) atoms. The first-order valence-corrected chi connectivity index (χ1v) is 6.86. The number of ether oxygens (including phenoxy) is 1. The second kappa shape index (κ2) is 7.64. The van der Waals surface area contributed by atoms with E-state index in [1.807, 2.05) is 30.3 Å². The number of nitrogens with zero attached hydrogens (tertiary/aromatic N) is 1. The average Bonchev–Trinajstić information content (AvgIpc) is 2.41. The summed E-state index contributed by atoms with van der Waals surface area (Å²) in [6, 6.07) is 8.92. The van der Waals surface area contributed by atoms with Crippen LogP contribution in [-0.4, -0.2) is 35.7 Å². The first-order chi connectivity index (χ1) is 9.83. The maximum Gasteiger partial charge on any atom is 0.418 e. The van der Waals surface area contributed by atoms with Gasteiger partial charge in [-0.25, -0.2) is 14.5 Å². The Morgan fingerprint density at radius 2 is 1.86 bits per heavy atom. The van der Waals surface area contributed by atoms with Gasteiger partial charge in [-0.05, 0) is 26.3 Å². The van der Waals surface area contributed by atoms with Crippen molar-refractivity contribution in [3.63, 3.8) is 0 Å². The first kappa shape index (κ1) is 17.0. The SMILES string of the molecule is CC(C)(C)OC(=O)N(CCN)C(=O)NCc1ccccc1. The van der Waals surface area contributed by atoms with Gasteiger partial charge in [-0.15, -0.1) is 0 Å². The quantitative estimate of drug-likeness (QED) is 0.890. The molecule has 116 valence electrons. The Morgan fingerprint density at radius 1 is 1.24 bits per heavy atom. The topological polar surface area (TPSA) is 84.7 Å². The lowest BCUT2D eigenvalue weighted by Gasteiger charge is -2.26. The Hall–Kier alpha value is -2.08. The molecule has 0 saturated carbocycles. The Morgan fingerprint density at radius 3 is 2.38 bits per heavy atom. The van der Waals surface area contributed by atoms with E-state index in [1.165, 1.54) is 0 Å². The Bertz CT molecular complexity index is 469. The van der Waals surface area contributed by atoms with Crippen molar-refractivity contribution in [1.29, 1.82) is 0 Å². The fourth-order valence-electron chi connectivity index (χ4n) is 1.59. The van der Waals surface area contributed by atoms with Crippen LogP contribution in [0.15, 0.2) is 30.3 Å². The second-order valence-corrected chi connectivity index (χ2v) is 5.56. The molecule has 0 saturated heterocycles. The molecule has 1 aromatic carbocycles. The molecule has 0 atom stereocenters. The molecule has 6 heteroatoms. The van der Waals surface area contributed by atoms with Gasteiger partial charge in [0.15, 0.2) is 0 Å². The van der Waals surface area contributed by atoms with Crippen molar-refractivity contribution in [2.75, 3.05) is 13.1 Å². The van der Waals surface area contributed by atoms with E-state index in [0.29, 0.717) is 6.54 Å². The van der Waals surface area contributed by atoms with Crippen molar-refractivity contribution in [2.24, 2.45) is 5.73 Å². The van der Waals surface area contributed by atoms with Crippen molar-refractivity contribution < 1.29 is 14.3 Å². The highest BCUT2D eigenvalue weighted by Gasteiger charge is 2.26. The van der Waals surface area contributed by atoms with Gasteiger partial charge in [0.25, 0.3) is 0 Å². The number of benzene rings is 1. The molecule has 0 bridgehead atoms. The lowest BCUT2D eigenvalue weighted by atomic mass is 10.2. The van der Waals surface area contributed by atoms with E-state index in [4.69, 9.17) is 10.5 Å². The van der Waals surface area contributed by atoms with Crippen LogP contribution in [0.25, 0.3) is 0 Å². The lowest BCUT2D eigenvalue weighted by molar-refractivity contribution is 0.0325. The monoisotopic (exact) mass is 293 g/mol. The van der Waals surface area contributed by atoms with Crippen LogP contribution in [0.5, 0.6) is 0 Å². The van der Waals surface area contributed by atoms with E-state index in [-0.39, 0.29) is 13.1 Å². The van der Waals surface area contributed by atoms with Crippen LogP contribution >= 0.6 is 0 Å². The molecular weight excluding hydrogens is 270 g/mol. The molecule has 0 unspecified atom stereocenters. The minimum absolute atomic E-state index is 0.107. The van der Waals surface area contributed by atoms with Crippen molar-refractivity contribution >= 4 is 12.1 Å². The number of nitrogens with two attached hydrogens (primary N) is 1. The predicted molar refractivity (Wildman–Crippen MR) is 80.7 cm³/mol. The van der Waals surface area contributed by atoms with Gasteiger partial charge in [0.1, 0.15) is 5.60 Å². The van der Waals surface area contributed by atoms with E-state index in [9.17, 15) is 9.59 Å². The normalized spacial score (nSPS) is 10.9. The third-order valence-electron chi connectivity index (χ3n) is 2.50. The largest absolute Gasteiger partial charge is 0.443 e. The van der Waals surface area contributed by atoms with Crippen LogP contribution < -0.4 is 11.1 Å². The van der Waals surface area contributed by atoms with E-state index in [0.717, 1.165) is 10.5 Å². The molecule has 0 aromatic heterocycles. The number of urea groups is 1. The molecule has 1 rings (SSSR count). The van der Waals surface area contributed by atoms with Crippen molar-refractivity contribution in [3.05, 3.63) is 35.9 Å². The fourth-order valence-corrected chi connectivity index (χ4v) is 1.59. The molecule has 6 nitrogen and oxygen atoms in total. The third kappa shape index (κ3) is 6.27. The highest BCUT2D eigenvalue weighted by atomic mass is 16.6. The maximum absolute atomic E-state index is 12.1. The molecule has 3 amide bonds. The zero-order valence-electron chi connectivity index (χ0n) is 12.8. The Kier molecular flexibility index (Phi) is 6.17. The summed E-state index contributed by atoms with van der Waals surface area (Å²) < 4.78 is 5.20. The number of nitrogens with one attached hydrogen (secondary N) is 1. The van der Waals surface area contributed by atoms with Crippen molar-refractivity contribution in [2.45, 2.75) is 32.9 Å². The van der Waals surface area contributed by atoms with Gasteiger partial charge >= 0.3 is 12.1 Å². The first-order valence-electron chi connectivity index (χ1n) is 6.86. The van der Waals surface area contributed by atoms with Crippen molar-refractivity contribution in [3.8, 4) is 0 Å². The van der Waals surface area contributed by atoms with Gasteiger partial charge in [0.05, 0.1) is 0 Å². The number of amides is 3. The molecule has 0 fully saturated rings. The molecule has 0 aliphatic heterocycles. The highest BCUT2D eigenvalue weighted by Crippen LogP contribution is 2.10. The number of carbonyl (C=O) groups excluding carboxylic acids is 2. The molecule has 0 aliphatic rings. The van der Waals surface area contributed by atoms with Crippen LogP contribution in [0.1, 0.15) is 26.3 Å². The van der Waals surface area contributed by atoms with Gasteiger partial charge in [-0.3, -0.25) is 0 Å². The summed E-state index contributed by atoms with van der Waals surface area (Å²) in [5.41, 5.74) is 5.73. The van der Waals surface area contributed by atoms with E-state index in [1.54, 1.807) is 20.8 Å². The summed E-state index contributed by atoms with van der Waals surface area (Å²) in [7, 11) is 0. The van der Waals surface area contributed by atoms with Gasteiger partial charge in [-0.2, -0.15) is 0 Å². The summed E-state index contributed by atoms with van der Waals surface area (Å²) in [6.45, 7) is 5.85. The second-order valence-electron chi connectivity index (χ2n) is 5.56. The fraction of sp³-hybridized carbons (Fsp3) is 0.467. The van der Waals surface area contributed by atoms with Gasteiger partial charge in [0.2, 0.25) is 0 Å². The summed E-state index contributed by atoms with van der Waals surface area (Å²) >= 11 is 0. The molecule has 0 spiro atoms. The van der Waals surface area contributed by atoms with Gasteiger partial charge in [0, 0.05) is 19.6 Å². The zero-order valence-corrected chi connectivity index (χ0v) is 12.8. The van der Waals surface area contributed by atoms with E-state index in [2.05, 4.69) is 5.32 Å². The zero-order chi connectivity index (χ0) is 15.9. The number of carbonyl (C=O) groups is 2. The molecular formula is C15H23N3O3. The van der Waals surface area contributed by atoms with Gasteiger partial charge < -0.3 is 15.8 Å². The number of imide groups is 1. The molecule has 0 aliphatic carbocycles. The number of hydrogen-bond donors (Lipinski definition) is 2. The number of rotatable bonds is 4. The highest BCUT2D eigenvalue weighted by molar-refractivity contribution is 5.91. The lowest BCUT2D eigenvalue weighted by Crippen LogP contribution is -2.47. The van der Waals surface area contributed by atoms with Crippen LogP contribution in [0.4, 0.5) is 9.59 Å². The summed E-state index contributed by atoms with van der Waals surface area (Å²) in [4.78, 5) is 25.1. The standard InChI is InChI=1S/C15H23N3O3/c1-15(2,3)21-14(20)18(10-9-16)13(19)17-11-12-7-5-4-6-8-12/h4-8H,9-11,16H2,1-3H3,(H,17,19). The van der Waals surface area contributed by atoms with Crippen LogP contribution in [0.2, 0.25) is 0 Å². The predicted octanol–water partition coefficient (Wildman–Crippen LogP) is 2.09. The van der Waals surface area contributed by atoms with E-state index >= 15 is 0 Å². The molecule has 0 radical (unpaired) electrons. The minimum atomic E-state index is -0.696. The van der Waals surface area contributed by atoms with Crippen molar-refractivity contribution in [1.82, 2.24) is 10.2 Å². The average molecular weight is 293 g/mol. The Labute approximate surface area is 125 Å². The minimum Gasteiger partial charge on any atom is -0.443 e. The van der Waals surface area contributed by atoms with E-state index < -0.39 is 17.7 Å². The summed E-state index contributed by atoms with van der Waals surface area (Å²) in [6.07, 6.45) is -0.696. The smallest absolute Gasteiger partial charge is 0.418 e. The van der Waals surface area contributed by atoms with Crippen LogP contribution in [-0.2, 0) is 11.3 Å². The van der Waals surface area contributed by atoms with Crippen LogP contribution in [0, 0.1) is 0 Å². The Balaban J connectivity index is 2.62. The number of hydrogen-bond acceptors (Lipinski definition) is 4. The maximum atomic E-state index is 12.1. The summed E-state index contributed by atoms with van der Waals surface area (Å²) in [5, 5.41) is 2.68. The third-order valence-corrected chi connectivity index (χ3v) is 2.50. The molecule has 1 aromatic rings.